The van der Waals surface area contributed by atoms with Crippen LogP contribution in [0.4, 0.5) is 0 Å². The fourth-order valence-electron chi connectivity index (χ4n) is 2.87. The molecule has 3 rings (SSSR count). The summed E-state index contributed by atoms with van der Waals surface area (Å²) in [6.07, 6.45) is 7.41. The summed E-state index contributed by atoms with van der Waals surface area (Å²) in [4.78, 5) is 0. The van der Waals surface area contributed by atoms with Gasteiger partial charge in [0.25, 0.3) is 0 Å². The van der Waals surface area contributed by atoms with Crippen LogP contribution >= 0.6 is 0 Å². The van der Waals surface area contributed by atoms with Gasteiger partial charge < -0.3 is 2.85 Å². The van der Waals surface area contributed by atoms with Crippen molar-refractivity contribution in [3.63, 3.8) is 0 Å². The van der Waals surface area contributed by atoms with E-state index in [0.29, 0.717) is 0 Å². The Balaban J connectivity index is 0. The van der Waals surface area contributed by atoms with Crippen LogP contribution in [0.3, 0.4) is 0 Å². The van der Waals surface area contributed by atoms with Gasteiger partial charge in [-0.05, 0) is 41.5 Å². The van der Waals surface area contributed by atoms with Crippen LogP contribution in [0.15, 0.2) is 54.1 Å². The number of rotatable bonds is 4. The van der Waals surface area contributed by atoms with E-state index >= 15 is 0 Å². The molecule has 0 radical (unpaired) electrons. The molecule has 0 spiro atoms. The molecule has 0 saturated carbocycles. The minimum absolute atomic E-state index is 0. The van der Waals surface area contributed by atoms with Gasteiger partial charge in [-0.25, -0.2) is 0 Å². The minimum atomic E-state index is 0. The van der Waals surface area contributed by atoms with Crippen molar-refractivity contribution in [3.8, 4) is 11.1 Å². The standard InChI is InChI=1S/C19H20.2Li.2H/c1-2-3-8-15-13-17-11-7-12-18(19(17)14-15)16-9-5-4-6-10-16;;;;/h4-7,9-12,14H,2-3,8,13H2,1H3;;;;/q;2*+1;2*-1. The molecule has 21 heavy (non-hydrogen) atoms. The number of hydrogen-bond acceptors (Lipinski definition) is 0. The summed E-state index contributed by atoms with van der Waals surface area (Å²) < 4.78 is 0. The predicted octanol–water partition coefficient (Wildman–Crippen LogP) is -0.284. The summed E-state index contributed by atoms with van der Waals surface area (Å²) >= 11 is 0. The summed E-state index contributed by atoms with van der Waals surface area (Å²) in [5.74, 6) is 0. The monoisotopic (exact) mass is 264 g/mol. The summed E-state index contributed by atoms with van der Waals surface area (Å²) in [5, 5.41) is 0. The van der Waals surface area contributed by atoms with Crippen molar-refractivity contribution in [1.29, 1.82) is 0 Å². The van der Waals surface area contributed by atoms with Crippen LogP contribution in [-0.4, -0.2) is 0 Å². The molecule has 0 atom stereocenters. The Kier molecular flexibility index (Phi) is 7.66. The Morgan fingerprint density at radius 2 is 1.71 bits per heavy atom. The zero-order valence-corrected chi connectivity index (χ0v) is 13.5. The molecular formula is C19H22Li2. The first kappa shape index (κ1) is 18.4. The van der Waals surface area contributed by atoms with E-state index in [2.05, 4.69) is 61.5 Å². The van der Waals surface area contributed by atoms with Gasteiger partial charge >= 0.3 is 37.7 Å². The molecule has 2 heteroatoms. The smallest absolute Gasteiger partial charge is 1.00 e. The maximum atomic E-state index is 2.42. The molecule has 0 nitrogen and oxygen atoms in total. The molecular weight excluding hydrogens is 242 g/mol. The zero-order valence-electron chi connectivity index (χ0n) is 15.5. The molecule has 0 fully saturated rings. The molecule has 1 aliphatic rings. The zero-order chi connectivity index (χ0) is 13.1. The largest absolute Gasteiger partial charge is 1.00 e. The molecule has 0 N–H and O–H groups in total. The van der Waals surface area contributed by atoms with Gasteiger partial charge in [0.15, 0.2) is 0 Å². The van der Waals surface area contributed by atoms with Crippen molar-refractivity contribution in [2.45, 2.75) is 32.6 Å². The van der Waals surface area contributed by atoms with Gasteiger partial charge in [-0.3, -0.25) is 0 Å². The fraction of sp³-hybridized carbons (Fsp3) is 0.263. The number of hydrogen-bond donors (Lipinski definition) is 0. The third-order valence-electron chi connectivity index (χ3n) is 3.90. The van der Waals surface area contributed by atoms with Gasteiger partial charge in [-0.1, -0.05) is 73.5 Å². The van der Waals surface area contributed by atoms with E-state index in [1.165, 1.54) is 41.5 Å². The van der Waals surface area contributed by atoms with Crippen molar-refractivity contribution >= 4 is 6.08 Å². The van der Waals surface area contributed by atoms with Crippen LogP contribution < -0.4 is 37.7 Å². The average molecular weight is 264 g/mol. The number of benzene rings is 2. The van der Waals surface area contributed by atoms with E-state index in [9.17, 15) is 0 Å². The van der Waals surface area contributed by atoms with E-state index in [0.717, 1.165) is 6.42 Å². The second-order valence-electron chi connectivity index (χ2n) is 5.33. The van der Waals surface area contributed by atoms with Crippen molar-refractivity contribution < 1.29 is 40.6 Å². The Morgan fingerprint density at radius 1 is 0.952 bits per heavy atom. The normalized spacial score (nSPS) is 12.0. The molecule has 0 saturated heterocycles. The van der Waals surface area contributed by atoms with Gasteiger partial charge in [-0.2, -0.15) is 0 Å². The van der Waals surface area contributed by atoms with Crippen LogP contribution in [0.1, 0.15) is 40.2 Å². The first-order chi connectivity index (χ1) is 9.38. The van der Waals surface area contributed by atoms with Crippen LogP contribution in [0.5, 0.6) is 0 Å². The predicted molar refractivity (Wildman–Crippen MR) is 85.3 cm³/mol. The maximum Gasteiger partial charge on any atom is 1.00 e. The third-order valence-corrected chi connectivity index (χ3v) is 3.90. The molecule has 100 valence electrons. The third kappa shape index (κ3) is 4.19. The molecule has 0 unspecified atom stereocenters. The molecule has 1 aliphatic carbocycles. The van der Waals surface area contributed by atoms with Crippen LogP contribution in [0, 0.1) is 0 Å². The second kappa shape index (κ2) is 8.73. The van der Waals surface area contributed by atoms with Gasteiger partial charge in [-0.15, -0.1) is 0 Å². The number of fused-ring (bicyclic) bond motifs is 1. The van der Waals surface area contributed by atoms with E-state index < -0.39 is 0 Å². The van der Waals surface area contributed by atoms with Crippen molar-refractivity contribution in [2.24, 2.45) is 0 Å². The van der Waals surface area contributed by atoms with Gasteiger partial charge in [0.1, 0.15) is 0 Å². The van der Waals surface area contributed by atoms with E-state index in [4.69, 9.17) is 0 Å². The van der Waals surface area contributed by atoms with Gasteiger partial charge in [0, 0.05) is 0 Å². The Labute approximate surface area is 155 Å². The van der Waals surface area contributed by atoms with E-state index in [1.807, 2.05) is 0 Å². The molecule has 2 aromatic carbocycles. The quantitative estimate of drug-likeness (QED) is 0.666. The Morgan fingerprint density at radius 3 is 2.43 bits per heavy atom. The first-order valence-corrected chi connectivity index (χ1v) is 7.25. The first-order valence-electron chi connectivity index (χ1n) is 7.25. The number of allylic oxidation sites excluding steroid dienone is 1. The second-order valence-corrected chi connectivity index (χ2v) is 5.33. The average Bonchev–Trinajstić information content (AvgIpc) is 2.88. The van der Waals surface area contributed by atoms with Crippen LogP contribution in [0.25, 0.3) is 17.2 Å². The van der Waals surface area contributed by atoms with Crippen LogP contribution in [0.2, 0.25) is 0 Å². The summed E-state index contributed by atoms with van der Waals surface area (Å²) in [6, 6.07) is 17.4. The molecule has 0 aromatic heterocycles. The van der Waals surface area contributed by atoms with Crippen molar-refractivity contribution in [2.75, 3.05) is 0 Å². The van der Waals surface area contributed by atoms with Crippen molar-refractivity contribution in [1.82, 2.24) is 0 Å². The molecule has 2 aromatic rings. The van der Waals surface area contributed by atoms with Gasteiger partial charge in [0.05, 0.1) is 0 Å². The van der Waals surface area contributed by atoms with Crippen molar-refractivity contribution in [3.05, 3.63) is 65.2 Å². The topological polar surface area (TPSA) is 0 Å². The van der Waals surface area contributed by atoms with Crippen LogP contribution in [-0.2, 0) is 6.42 Å². The molecule has 0 bridgehead atoms. The SMILES string of the molecule is CCCCC1=Cc2c(cccc2-c2ccccc2)C1.[H-].[H-].[Li+].[Li+]. The molecule has 0 aliphatic heterocycles. The molecule has 0 heterocycles. The number of unbranched alkanes of at least 4 members (excludes halogenated alkanes) is 1. The van der Waals surface area contributed by atoms with E-state index in [1.54, 1.807) is 5.57 Å². The van der Waals surface area contributed by atoms with E-state index in [-0.39, 0.29) is 40.6 Å². The summed E-state index contributed by atoms with van der Waals surface area (Å²) in [7, 11) is 0. The fourth-order valence-corrected chi connectivity index (χ4v) is 2.87. The van der Waals surface area contributed by atoms with Gasteiger partial charge in [0.2, 0.25) is 0 Å². The maximum absolute atomic E-state index is 2.42. The summed E-state index contributed by atoms with van der Waals surface area (Å²) in [6.45, 7) is 2.26. The summed E-state index contributed by atoms with van der Waals surface area (Å²) in [5.41, 5.74) is 7.24. The Hall–Kier alpha value is -0.625. The minimum Gasteiger partial charge on any atom is -1.00 e. The molecule has 0 amide bonds. The Bertz CT molecular complexity index is 610.